The van der Waals surface area contributed by atoms with Gasteiger partial charge in [-0.25, -0.2) is 0 Å². The number of benzene rings is 2. The molecule has 94 valence electrons. The van der Waals surface area contributed by atoms with Crippen molar-refractivity contribution in [3.63, 3.8) is 0 Å². The third kappa shape index (κ3) is 2.81. The van der Waals surface area contributed by atoms with Crippen LogP contribution >= 0.6 is 62.3 Å². The quantitative estimate of drug-likeness (QED) is 0.496. The minimum absolute atomic E-state index is 0.489. The highest BCUT2D eigenvalue weighted by molar-refractivity contribution is 9.08. The Labute approximate surface area is 134 Å². The largest absolute Gasteiger partial charge is 0.0876 e. The predicted octanol–water partition coefficient (Wildman–Crippen LogP) is 6.86. The molecule has 0 aliphatic carbocycles. The van der Waals surface area contributed by atoms with Gasteiger partial charge in [0.2, 0.25) is 0 Å². The first-order valence-corrected chi connectivity index (χ1v) is 7.66. The van der Waals surface area contributed by atoms with Crippen molar-refractivity contribution >= 4 is 62.3 Å². The van der Waals surface area contributed by atoms with Crippen LogP contribution < -0.4 is 0 Å². The topological polar surface area (TPSA) is 0 Å². The Morgan fingerprint density at radius 3 is 2.00 bits per heavy atom. The Morgan fingerprint density at radius 1 is 0.833 bits per heavy atom. The maximum Gasteiger partial charge on any atom is 0.0514 e. The third-order valence-electron chi connectivity index (χ3n) is 2.50. The molecule has 0 saturated carbocycles. The van der Waals surface area contributed by atoms with Crippen LogP contribution in [0.25, 0.3) is 11.1 Å². The third-order valence-corrected chi connectivity index (χ3v) is 4.23. The molecule has 0 atom stereocenters. The zero-order valence-electron chi connectivity index (χ0n) is 8.98. The van der Waals surface area contributed by atoms with Crippen LogP contribution in [0, 0.1) is 0 Å². The summed E-state index contributed by atoms with van der Waals surface area (Å²) in [5.41, 5.74) is 2.57. The van der Waals surface area contributed by atoms with Crippen LogP contribution in [0.4, 0.5) is 0 Å². The van der Waals surface area contributed by atoms with Gasteiger partial charge in [0.25, 0.3) is 0 Å². The van der Waals surface area contributed by atoms with E-state index in [0.29, 0.717) is 31.0 Å². The van der Waals surface area contributed by atoms with E-state index in [1.165, 1.54) is 0 Å². The zero-order chi connectivity index (χ0) is 13.3. The molecule has 0 N–H and O–H groups in total. The zero-order valence-corrected chi connectivity index (χ0v) is 13.6. The Kier molecular flexibility index (Phi) is 4.85. The van der Waals surface area contributed by atoms with E-state index in [2.05, 4.69) is 15.9 Å². The fourth-order valence-corrected chi connectivity index (χ4v) is 3.50. The molecule has 2 aromatic rings. The lowest BCUT2D eigenvalue weighted by Gasteiger charge is -2.13. The van der Waals surface area contributed by atoms with Gasteiger partial charge in [0.1, 0.15) is 0 Å². The second-order valence-corrected chi connectivity index (χ2v) is 5.87. The van der Waals surface area contributed by atoms with E-state index in [4.69, 9.17) is 46.4 Å². The molecule has 0 bridgehead atoms. The first-order valence-electron chi connectivity index (χ1n) is 5.03. The normalized spacial score (nSPS) is 10.7. The van der Waals surface area contributed by atoms with E-state index in [-0.39, 0.29) is 0 Å². The van der Waals surface area contributed by atoms with Gasteiger partial charge in [-0.2, -0.15) is 0 Å². The summed E-state index contributed by atoms with van der Waals surface area (Å²) in [5.74, 6) is 0. The lowest BCUT2D eigenvalue weighted by Crippen LogP contribution is -1.90. The summed E-state index contributed by atoms with van der Waals surface area (Å²) in [6, 6.07) is 8.99. The van der Waals surface area contributed by atoms with Crippen LogP contribution in [0.5, 0.6) is 0 Å². The van der Waals surface area contributed by atoms with Gasteiger partial charge in [-0.15, -0.1) is 0 Å². The molecule has 0 unspecified atom stereocenters. The van der Waals surface area contributed by atoms with Crippen LogP contribution in [0.1, 0.15) is 5.56 Å². The predicted molar refractivity (Wildman–Crippen MR) is 84.5 cm³/mol. The highest BCUT2D eigenvalue weighted by Crippen LogP contribution is 2.42. The van der Waals surface area contributed by atoms with Gasteiger partial charge >= 0.3 is 0 Å². The summed E-state index contributed by atoms with van der Waals surface area (Å²) in [7, 11) is 0. The molecule has 0 aromatic heterocycles. The Bertz CT molecular complexity index is 573. The van der Waals surface area contributed by atoms with Gasteiger partial charge in [-0.3, -0.25) is 0 Å². The molecule has 0 fully saturated rings. The lowest BCUT2D eigenvalue weighted by molar-refractivity contribution is 1.43. The number of hydrogen-bond acceptors (Lipinski definition) is 0. The lowest BCUT2D eigenvalue weighted by atomic mass is 10.0. The van der Waals surface area contributed by atoms with Crippen molar-refractivity contribution in [3.05, 3.63) is 56.0 Å². The van der Waals surface area contributed by atoms with E-state index in [1.54, 1.807) is 12.1 Å². The number of halogens is 5. The minimum Gasteiger partial charge on any atom is -0.0876 e. The number of hydrogen-bond donors (Lipinski definition) is 0. The van der Waals surface area contributed by atoms with E-state index in [1.807, 2.05) is 18.2 Å². The first-order chi connectivity index (χ1) is 8.54. The fraction of sp³-hybridized carbons (Fsp3) is 0.0769. The van der Waals surface area contributed by atoms with Crippen molar-refractivity contribution in [2.24, 2.45) is 0 Å². The molecule has 5 heteroatoms. The fourth-order valence-electron chi connectivity index (χ4n) is 1.74. The smallest absolute Gasteiger partial charge is 0.0514 e. The van der Waals surface area contributed by atoms with Crippen molar-refractivity contribution in [3.8, 4) is 11.1 Å². The van der Waals surface area contributed by atoms with Crippen molar-refractivity contribution in [2.45, 2.75) is 5.33 Å². The number of rotatable bonds is 2. The van der Waals surface area contributed by atoms with Crippen LogP contribution in [-0.2, 0) is 5.33 Å². The molecular weight excluding hydrogens is 378 g/mol. The van der Waals surface area contributed by atoms with Gasteiger partial charge in [-0.1, -0.05) is 74.5 Å². The summed E-state index contributed by atoms with van der Waals surface area (Å²) >= 11 is 28.1. The monoisotopic (exact) mass is 382 g/mol. The summed E-state index contributed by atoms with van der Waals surface area (Å²) in [6.07, 6.45) is 0. The Morgan fingerprint density at radius 2 is 1.44 bits per heavy atom. The molecule has 18 heavy (non-hydrogen) atoms. The molecule has 0 nitrogen and oxygen atoms in total. The second-order valence-electron chi connectivity index (χ2n) is 3.65. The highest BCUT2D eigenvalue weighted by atomic mass is 79.9. The molecule has 0 aliphatic heterocycles. The molecule has 2 rings (SSSR count). The van der Waals surface area contributed by atoms with Crippen molar-refractivity contribution in [1.29, 1.82) is 0 Å². The second kappa shape index (κ2) is 6.02. The van der Waals surface area contributed by atoms with Gasteiger partial charge in [0, 0.05) is 26.5 Å². The van der Waals surface area contributed by atoms with E-state index in [9.17, 15) is 0 Å². The standard InChI is InChI=1S/C13H7BrCl4/c14-6-7-2-1-3-9(16)12(7)13-10(17)4-8(15)5-11(13)18/h1-5H,6H2. The van der Waals surface area contributed by atoms with Gasteiger partial charge in [0.05, 0.1) is 10.0 Å². The summed E-state index contributed by atoms with van der Waals surface area (Å²) in [5, 5.41) is 2.75. The number of alkyl halides is 1. The highest BCUT2D eigenvalue weighted by Gasteiger charge is 2.16. The first kappa shape index (κ1) is 14.5. The van der Waals surface area contributed by atoms with Gasteiger partial charge in [0.15, 0.2) is 0 Å². The molecule has 0 saturated heterocycles. The molecule has 0 heterocycles. The minimum atomic E-state index is 0.489. The Balaban J connectivity index is 2.77. The van der Waals surface area contributed by atoms with Crippen LogP contribution in [0.15, 0.2) is 30.3 Å². The van der Waals surface area contributed by atoms with Crippen LogP contribution in [0.2, 0.25) is 20.1 Å². The van der Waals surface area contributed by atoms with Crippen molar-refractivity contribution in [1.82, 2.24) is 0 Å². The SMILES string of the molecule is Clc1cc(Cl)c(-c2c(Cl)cccc2CBr)c(Cl)c1. The average molecular weight is 385 g/mol. The Hall–Kier alpha value is 0.0800. The van der Waals surface area contributed by atoms with Crippen molar-refractivity contribution in [2.75, 3.05) is 0 Å². The molecule has 0 amide bonds. The van der Waals surface area contributed by atoms with Crippen molar-refractivity contribution < 1.29 is 0 Å². The average Bonchev–Trinajstić information content (AvgIpc) is 2.29. The van der Waals surface area contributed by atoms with Gasteiger partial charge in [-0.05, 0) is 23.8 Å². The van der Waals surface area contributed by atoms with Gasteiger partial charge < -0.3 is 0 Å². The molecular formula is C13H7BrCl4. The van der Waals surface area contributed by atoms with Crippen LogP contribution in [-0.4, -0.2) is 0 Å². The maximum atomic E-state index is 6.26. The maximum absolute atomic E-state index is 6.26. The van der Waals surface area contributed by atoms with E-state index >= 15 is 0 Å². The molecule has 0 aliphatic rings. The molecule has 0 radical (unpaired) electrons. The summed E-state index contributed by atoms with van der Waals surface area (Å²) in [4.78, 5) is 0. The summed E-state index contributed by atoms with van der Waals surface area (Å²) in [6.45, 7) is 0. The molecule has 2 aromatic carbocycles. The van der Waals surface area contributed by atoms with Crippen LogP contribution in [0.3, 0.4) is 0 Å². The van der Waals surface area contributed by atoms with E-state index < -0.39 is 0 Å². The van der Waals surface area contributed by atoms with E-state index in [0.717, 1.165) is 11.1 Å². The summed E-state index contributed by atoms with van der Waals surface area (Å²) < 4.78 is 0. The molecule has 0 spiro atoms.